The van der Waals surface area contributed by atoms with Gasteiger partial charge in [0.15, 0.2) is 0 Å². The van der Waals surface area contributed by atoms with Gasteiger partial charge in [-0.25, -0.2) is 4.79 Å². The van der Waals surface area contributed by atoms with Crippen LogP contribution in [0.2, 0.25) is 0 Å². The SMILES string of the molecule is CC1(C)C2=C(CN1C(=O)OCc1ccccc1)C(N)=NC2. The summed E-state index contributed by atoms with van der Waals surface area (Å²) in [5.74, 6) is 0.552. The molecule has 1 aromatic rings. The highest BCUT2D eigenvalue weighted by molar-refractivity contribution is 6.02. The first kappa shape index (κ1) is 13.7. The van der Waals surface area contributed by atoms with Crippen LogP contribution < -0.4 is 5.73 Å². The largest absolute Gasteiger partial charge is 0.445 e. The molecule has 5 nitrogen and oxygen atoms in total. The second-order valence-electron chi connectivity index (χ2n) is 5.84. The molecule has 3 rings (SSSR count). The highest BCUT2D eigenvalue weighted by Crippen LogP contribution is 2.37. The molecular formula is C16H19N3O2. The summed E-state index contributed by atoms with van der Waals surface area (Å²) in [5, 5.41) is 0. The van der Waals surface area contributed by atoms with Crippen LogP contribution in [0.4, 0.5) is 4.79 Å². The average Bonchev–Trinajstić information content (AvgIpc) is 2.96. The molecule has 0 unspecified atom stereocenters. The van der Waals surface area contributed by atoms with E-state index in [1.165, 1.54) is 0 Å². The van der Waals surface area contributed by atoms with E-state index in [1.807, 2.05) is 44.2 Å². The molecule has 5 heteroatoms. The number of rotatable bonds is 2. The van der Waals surface area contributed by atoms with Crippen LogP contribution in [0.15, 0.2) is 46.5 Å². The van der Waals surface area contributed by atoms with Crippen LogP contribution in [0.5, 0.6) is 0 Å². The van der Waals surface area contributed by atoms with Crippen molar-refractivity contribution < 1.29 is 9.53 Å². The van der Waals surface area contributed by atoms with Gasteiger partial charge in [0, 0.05) is 5.57 Å². The number of aliphatic imine (C=N–C) groups is 1. The van der Waals surface area contributed by atoms with Crippen molar-refractivity contribution in [2.75, 3.05) is 13.1 Å². The third-order valence-electron chi connectivity index (χ3n) is 4.24. The van der Waals surface area contributed by atoms with Gasteiger partial charge in [-0.05, 0) is 25.0 Å². The Morgan fingerprint density at radius 2 is 2.10 bits per heavy atom. The fourth-order valence-corrected chi connectivity index (χ4v) is 2.86. The maximum absolute atomic E-state index is 12.4. The van der Waals surface area contributed by atoms with Gasteiger partial charge in [0.2, 0.25) is 0 Å². The van der Waals surface area contributed by atoms with E-state index in [4.69, 9.17) is 10.5 Å². The number of nitrogens with two attached hydrogens (primary N) is 1. The molecule has 2 aliphatic heterocycles. The molecular weight excluding hydrogens is 266 g/mol. The predicted molar refractivity (Wildman–Crippen MR) is 80.9 cm³/mol. The normalized spacial score (nSPS) is 19.5. The second-order valence-corrected chi connectivity index (χ2v) is 5.84. The lowest BCUT2D eigenvalue weighted by atomic mass is 9.94. The highest BCUT2D eigenvalue weighted by atomic mass is 16.6. The summed E-state index contributed by atoms with van der Waals surface area (Å²) < 4.78 is 5.43. The Balaban J connectivity index is 1.68. The van der Waals surface area contributed by atoms with Crippen molar-refractivity contribution in [3.63, 3.8) is 0 Å². The fraction of sp³-hybridized carbons (Fsp3) is 0.375. The van der Waals surface area contributed by atoms with Crippen LogP contribution in [0.3, 0.4) is 0 Å². The Kier molecular flexibility index (Phi) is 3.20. The van der Waals surface area contributed by atoms with E-state index >= 15 is 0 Å². The zero-order chi connectivity index (χ0) is 15.0. The molecule has 0 aliphatic carbocycles. The molecule has 0 saturated heterocycles. The minimum atomic E-state index is -0.395. The maximum Gasteiger partial charge on any atom is 0.411 e. The highest BCUT2D eigenvalue weighted by Gasteiger charge is 2.45. The number of ether oxygens (including phenoxy) is 1. The topological polar surface area (TPSA) is 67.9 Å². The van der Waals surface area contributed by atoms with Gasteiger partial charge in [-0.15, -0.1) is 0 Å². The number of nitrogens with zero attached hydrogens (tertiary/aromatic N) is 2. The Hall–Kier alpha value is -2.30. The quantitative estimate of drug-likeness (QED) is 0.904. The van der Waals surface area contributed by atoms with Crippen molar-refractivity contribution in [1.29, 1.82) is 0 Å². The maximum atomic E-state index is 12.4. The van der Waals surface area contributed by atoms with Gasteiger partial charge >= 0.3 is 6.09 Å². The lowest BCUT2D eigenvalue weighted by Crippen LogP contribution is -2.46. The summed E-state index contributed by atoms with van der Waals surface area (Å²) in [6.07, 6.45) is -0.314. The summed E-state index contributed by atoms with van der Waals surface area (Å²) in [6.45, 7) is 5.35. The van der Waals surface area contributed by atoms with Crippen molar-refractivity contribution in [3.05, 3.63) is 47.0 Å². The van der Waals surface area contributed by atoms with Gasteiger partial charge in [0.25, 0.3) is 0 Å². The molecule has 0 fully saturated rings. The first-order chi connectivity index (χ1) is 10.00. The standard InChI is InChI=1S/C16H19N3O2/c1-16(2)13-8-18-14(17)12(13)9-19(16)15(20)21-10-11-6-4-3-5-7-11/h3-7H,8-10H2,1-2H3,(H2,17,18). The van der Waals surface area contributed by atoms with E-state index in [9.17, 15) is 4.79 Å². The Labute approximate surface area is 124 Å². The van der Waals surface area contributed by atoms with E-state index in [0.717, 1.165) is 16.7 Å². The lowest BCUT2D eigenvalue weighted by Gasteiger charge is -2.33. The molecule has 0 atom stereocenters. The average molecular weight is 285 g/mol. The summed E-state index contributed by atoms with van der Waals surface area (Å²) in [7, 11) is 0. The predicted octanol–water partition coefficient (Wildman–Crippen LogP) is 2.08. The zero-order valence-electron chi connectivity index (χ0n) is 12.3. The molecule has 0 spiro atoms. The van der Waals surface area contributed by atoms with E-state index < -0.39 is 5.54 Å². The van der Waals surface area contributed by atoms with Crippen LogP contribution in [-0.4, -0.2) is 35.5 Å². The molecule has 0 aromatic heterocycles. The molecule has 110 valence electrons. The summed E-state index contributed by atoms with van der Waals surface area (Å²) in [4.78, 5) is 18.3. The smallest absolute Gasteiger partial charge is 0.411 e. The van der Waals surface area contributed by atoms with Crippen molar-refractivity contribution in [2.24, 2.45) is 10.7 Å². The lowest BCUT2D eigenvalue weighted by molar-refractivity contribution is 0.0784. The number of hydrogen-bond donors (Lipinski definition) is 1. The molecule has 1 amide bonds. The van der Waals surface area contributed by atoms with E-state index in [0.29, 0.717) is 18.9 Å². The molecule has 0 bridgehead atoms. The molecule has 1 aromatic carbocycles. The Morgan fingerprint density at radius 3 is 2.76 bits per heavy atom. The first-order valence-corrected chi connectivity index (χ1v) is 7.01. The number of carbonyl (C=O) groups is 1. The van der Waals surface area contributed by atoms with Crippen LogP contribution in [-0.2, 0) is 11.3 Å². The van der Waals surface area contributed by atoms with Crippen LogP contribution in [0, 0.1) is 0 Å². The van der Waals surface area contributed by atoms with Crippen LogP contribution >= 0.6 is 0 Å². The van der Waals surface area contributed by atoms with Gasteiger partial charge in [0.05, 0.1) is 18.6 Å². The third kappa shape index (κ3) is 2.28. The van der Waals surface area contributed by atoms with Crippen molar-refractivity contribution in [3.8, 4) is 0 Å². The summed E-state index contributed by atoms with van der Waals surface area (Å²) in [5.41, 5.74) is 8.57. The zero-order valence-corrected chi connectivity index (χ0v) is 12.3. The van der Waals surface area contributed by atoms with Crippen molar-refractivity contribution >= 4 is 11.9 Å². The van der Waals surface area contributed by atoms with Gasteiger partial charge in [0.1, 0.15) is 12.4 Å². The summed E-state index contributed by atoms with van der Waals surface area (Å²) in [6, 6.07) is 9.66. The monoisotopic (exact) mass is 285 g/mol. The third-order valence-corrected chi connectivity index (χ3v) is 4.24. The minimum absolute atomic E-state index is 0.278. The van der Waals surface area contributed by atoms with E-state index in [2.05, 4.69) is 4.99 Å². The molecule has 0 radical (unpaired) electrons. The van der Waals surface area contributed by atoms with Crippen LogP contribution in [0.25, 0.3) is 0 Å². The first-order valence-electron chi connectivity index (χ1n) is 7.01. The minimum Gasteiger partial charge on any atom is -0.445 e. The van der Waals surface area contributed by atoms with Gasteiger partial charge in [-0.2, -0.15) is 0 Å². The second kappa shape index (κ2) is 4.91. The number of benzene rings is 1. The Bertz CT molecular complexity index is 632. The molecule has 2 heterocycles. The number of carbonyl (C=O) groups excluding carboxylic acids is 1. The van der Waals surface area contributed by atoms with E-state index in [-0.39, 0.29) is 12.7 Å². The van der Waals surface area contributed by atoms with Gasteiger partial charge < -0.3 is 10.5 Å². The number of hydrogen-bond acceptors (Lipinski definition) is 4. The molecule has 21 heavy (non-hydrogen) atoms. The van der Waals surface area contributed by atoms with Gasteiger partial charge in [-0.1, -0.05) is 30.3 Å². The number of amidine groups is 1. The van der Waals surface area contributed by atoms with Crippen molar-refractivity contribution in [1.82, 2.24) is 4.90 Å². The Morgan fingerprint density at radius 1 is 1.38 bits per heavy atom. The summed E-state index contributed by atoms with van der Waals surface area (Å²) >= 11 is 0. The van der Waals surface area contributed by atoms with Crippen molar-refractivity contribution in [2.45, 2.75) is 26.0 Å². The van der Waals surface area contributed by atoms with Crippen LogP contribution in [0.1, 0.15) is 19.4 Å². The molecule has 2 aliphatic rings. The van der Waals surface area contributed by atoms with Gasteiger partial charge in [-0.3, -0.25) is 9.89 Å². The molecule has 2 N–H and O–H groups in total. The fourth-order valence-electron chi connectivity index (χ4n) is 2.86. The number of amides is 1. The van der Waals surface area contributed by atoms with E-state index in [1.54, 1.807) is 4.90 Å². The molecule has 0 saturated carbocycles.